The molecule has 0 atom stereocenters. The molecule has 0 radical (unpaired) electrons. The highest BCUT2D eigenvalue weighted by Crippen LogP contribution is 2.36. The minimum absolute atomic E-state index is 0.0110. The molecule has 3 heterocycles. The summed E-state index contributed by atoms with van der Waals surface area (Å²) in [6.45, 7) is 3.18. The van der Waals surface area contributed by atoms with E-state index in [4.69, 9.17) is 13.9 Å². The van der Waals surface area contributed by atoms with E-state index in [0.717, 1.165) is 24.2 Å². The molecule has 4 rings (SSSR count). The van der Waals surface area contributed by atoms with E-state index < -0.39 is 5.41 Å². The van der Waals surface area contributed by atoms with E-state index in [-0.39, 0.29) is 11.8 Å². The third kappa shape index (κ3) is 4.61. The van der Waals surface area contributed by atoms with Crippen molar-refractivity contribution >= 4 is 11.8 Å². The number of nitrogens with zero attached hydrogens (tertiary/aromatic N) is 1. The van der Waals surface area contributed by atoms with Crippen LogP contribution in [0.3, 0.4) is 0 Å². The van der Waals surface area contributed by atoms with Crippen LogP contribution in [0.2, 0.25) is 0 Å². The van der Waals surface area contributed by atoms with Crippen LogP contribution in [-0.2, 0) is 14.9 Å². The van der Waals surface area contributed by atoms with Gasteiger partial charge in [-0.25, -0.2) is 0 Å². The summed E-state index contributed by atoms with van der Waals surface area (Å²) < 4.78 is 15.8. The molecular formula is C24H30N2O5. The molecule has 2 saturated heterocycles. The average molecular weight is 427 g/mol. The van der Waals surface area contributed by atoms with Crippen LogP contribution in [0.1, 0.15) is 41.6 Å². The Kier molecular flexibility index (Phi) is 6.61. The van der Waals surface area contributed by atoms with Crippen molar-refractivity contribution in [3.63, 3.8) is 0 Å². The maximum Gasteiger partial charge on any atom is 0.257 e. The Balaban J connectivity index is 1.35. The molecule has 0 saturated carbocycles. The summed E-state index contributed by atoms with van der Waals surface area (Å²) in [6, 6.07) is 9.49. The molecule has 0 spiro atoms. The van der Waals surface area contributed by atoms with Gasteiger partial charge in [0.05, 0.1) is 24.4 Å². The van der Waals surface area contributed by atoms with Crippen LogP contribution in [0.25, 0.3) is 0 Å². The molecule has 2 aliphatic heterocycles. The first-order chi connectivity index (χ1) is 15.1. The molecule has 2 aromatic rings. The van der Waals surface area contributed by atoms with Gasteiger partial charge in [0.2, 0.25) is 5.91 Å². The van der Waals surface area contributed by atoms with Gasteiger partial charge in [-0.05, 0) is 55.4 Å². The van der Waals surface area contributed by atoms with Crippen LogP contribution in [0.5, 0.6) is 5.75 Å². The van der Waals surface area contributed by atoms with E-state index in [1.54, 1.807) is 13.2 Å². The fourth-order valence-electron chi connectivity index (χ4n) is 4.59. The van der Waals surface area contributed by atoms with Gasteiger partial charge in [0.15, 0.2) is 0 Å². The largest absolute Gasteiger partial charge is 0.497 e. The van der Waals surface area contributed by atoms with Crippen molar-refractivity contribution in [1.82, 2.24) is 10.2 Å². The Bertz CT molecular complexity index is 864. The van der Waals surface area contributed by atoms with Gasteiger partial charge in [0, 0.05) is 32.8 Å². The highest BCUT2D eigenvalue weighted by atomic mass is 16.5. The van der Waals surface area contributed by atoms with Crippen LogP contribution in [0.4, 0.5) is 0 Å². The Hall–Kier alpha value is -2.80. The zero-order valence-electron chi connectivity index (χ0n) is 18.0. The molecule has 2 amide bonds. The summed E-state index contributed by atoms with van der Waals surface area (Å²) >= 11 is 0. The van der Waals surface area contributed by atoms with Gasteiger partial charge < -0.3 is 24.1 Å². The van der Waals surface area contributed by atoms with E-state index in [1.165, 1.54) is 12.5 Å². The lowest BCUT2D eigenvalue weighted by Crippen LogP contribution is -2.50. The maximum atomic E-state index is 13.4. The van der Waals surface area contributed by atoms with Crippen LogP contribution in [-0.4, -0.2) is 56.7 Å². The zero-order chi connectivity index (χ0) is 21.7. The van der Waals surface area contributed by atoms with E-state index >= 15 is 0 Å². The average Bonchev–Trinajstić information content (AvgIpc) is 3.38. The lowest BCUT2D eigenvalue weighted by atomic mass is 9.73. The topological polar surface area (TPSA) is 81.0 Å². The number of carbonyl (C=O) groups is 2. The van der Waals surface area contributed by atoms with Crippen molar-refractivity contribution in [3.8, 4) is 5.75 Å². The molecule has 7 nitrogen and oxygen atoms in total. The number of likely N-dealkylation sites (tertiary alicyclic amines) is 1. The number of hydrogen-bond acceptors (Lipinski definition) is 5. The second kappa shape index (κ2) is 9.56. The lowest BCUT2D eigenvalue weighted by molar-refractivity contribution is -0.130. The number of hydrogen-bond donors (Lipinski definition) is 1. The van der Waals surface area contributed by atoms with Gasteiger partial charge in [-0.2, -0.15) is 0 Å². The van der Waals surface area contributed by atoms with E-state index in [0.29, 0.717) is 57.2 Å². The summed E-state index contributed by atoms with van der Waals surface area (Å²) in [6.07, 6.45) is 6.10. The predicted molar refractivity (Wildman–Crippen MR) is 115 cm³/mol. The second-order valence-electron chi connectivity index (χ2n) is 8.38. The number of amides is 2. The molecule has 0 aliphatic carbocycles. The number of methoxy groups -OCH3 is 1. The highest BCUT2D eigenvalue weighted by Gasteiger charge is 2.41. The fourth-order valence-corrected chi connectivity index (χ4v) is 4.59. The summed E-state index contributed by atoms with van der Waals surface area (Å²) in [5.41, 5.74) is 1.03. The number of furan rings is 1. The minimum Gasteiger partial charge on any atom is -0.497 e. The number of nitrogens with one attached hydrogen (secondary N) is 1. The molecule has 31 heavy (non-hydrogen) atoms. The Morgan fingerprint density at radius 2 is 1.84 bits per heavy atom. The predicted octanol–water partition coefficient (Wildman–Crippen LogP) is 3.01. The monoisotopic (exact) mass is 426 g/mol. The van der Waals surface area contributed by atoms with E-state index in [1.807, 2.05) is 29.2 Å². The number of ether oxygens (including phenoxy) is 2. The molecular weight excluding hydrogens is 396 g/mol. The van der Waals surface area contributed by atoms with E-state index in [9.17, 15) is 9.59 Å². The lowest BCUT2D eigenvalue weighted by Gasteiger charge is -2.37. The van der Waals surface area contributed by atoms with Gasteiger partial charge in [0.1, 0.15) is 12.0 Å². The standard InChI is InChI=1S/C24H30N2O5/c1-29-21-4-2-20(3-5-21)24(9-14-30-15-10-24)23(28)25-16-18-6-11-26(12-7-18)22(27)19-8-13-31-17-19/h2-5,8,13,17-18H,6-7,9-12,14-16H2,1H3,(H,25,28). The van der Waals surface area contributed by atoms with Crippen LogP contribution < -0.4 is 10.1 Å². The maximum absolute atomic E-state index is 13.4. The Morgan fingerprint density at radius 3 is 2.45 bits per heavy atom. The van der Waals surface area contributed by atoms with E-state index in [2.05, 4.69) is 5.32 Å². The molecule has 0 bridgehead atoms. The molecule has 2 aliphatic rings. The van der Waals surface area contributed by atoms with Crippen molar-refractivity contribution in [2.45, 2.75) is 31.1 Å². The zero-order valence-corrected chi connectivity index (χ0v) is 18.0. The molecule has 1 N–H and O–H groups in total. The number of benzene rings is 1. The van der Waals surface area contributed by atoms with Gasteiger partial charge in [-0.3, -0.25) is 9.59 Å². The molecule has 1 aromatic carbocycles. The third-order valence-electron chi connectivity index (χ3n) is 6.64. The fraction of sp³-hybridized carbons (Fsp3) is 0.500. The number of rotatable bonds is 6. The SMILES string of the molecule is COc1ccc(C2(C(=O)NCC3CCN(C(=O)c4ccoc4)CC3)CCOCC2)cc1. The Morgan fingerprint density at radius 1 is 1.13 bits per heavy atom. The molecule has 166 valence electrons. The van der Waals surface area contributed by atoms with Crippen molar-refractivity contribution in [1.29, 1.82) is 0 Å². The van der Waals surface area contributed by atoms with Crippen molar-refractivity contribution in [3.05, 3.63) is 54.0 Å². The smallest absolute Gasteiger partial charge is 0.257 e. The van der Waals surface area contributed by atoms with Gasteiger partial charge in [-0.1, -0.05) is 12.1 Å². The third-order valence-corrected chi connectivity index (χ3v) is 6.64. The van der Waals surface area contributed by atoms with Crippen LogP contribution in [0, 0.1) is 5.92 Å². The van der Waals surface area contributed by atoms with Gasteiger partial charge in [0.25, 0.3) is 5.91 Å². The first kappa shape index (κ1) is 21.4. The van der Waals surface area contributed by atoms with Crippen molar-refractivity contribution in [2.75, 3.05) is 40.0 Å². The normalized spacial score (nSPS) is 19.1. The highest BCUT2D eigenvalue weighted by molar-refractivity contribution is 5.93. The van der Waals surface area contributed by atoms with Crippen molar-refractivity contribution < 1.29 is 23.5 Å². The first-order valence-corrected chi connectivity index (χ1v) is 10.9. The summed E-state index contributed by atoms with van der Waals surface area (Å²) in [5, 5.41) is 3.22. The molecule has 7 heteroatoms. The summed E-state index contributed by atoms with van der Waals surface area (Å²) in [7, 11) is 1.64. The quantitative estimate of drug-likeness (QED) is 0.768. The Labute approximate surface area is 182 Å². The molecule has 0 unspecified atom stereocenters. The van der Waals surface area contributed by atoms with Gasteiger partial charge >= 0.3 is 0 Å². The number of carbonyl (C=O) groups excluding carboxylic acids is 2. The molecule has 2 fully saturated rings. The molecule has 1 aromatic heterocycles. The summed E-state index contributed by atoms with van der Waals surface area (Å²) in [4.78, 5) is 27.7. The van der Waals surface area contributed by atoms with Crippen LogP contribution >= 0.6 is 0 Å². The summed E-state index contributed by atoms with van der Waals surface area (Å²) in [5.74, 6) is 1.22. The first-order valence-electron chi connectivity index (χ1n) is 10.9. The van der Waals surface area contributed by atoms with Gasteiger partial charge in [-0.15, -0.1) is 0 Å². The minimum atomic E-state index is -0.567. The van der Waals surface area contributed by atoms with Crippen LogP contribution in [0.15, 0.2) is 47.3 Å². The van der Waals surface area contributed by atoms with Crippen molar-refractivity contribution in [2.24, 2.45) is 5.92 Å². The number of piperidine rings is 1. The second-order valence-corrected chi connectivity index (χ2v) is 8.38.